The fourth-order valence-corrected chi connectivity index (χ4v) is 6.21. The normalized spacial score (nSPS) is 25.3. The van der Waals surface area contributed by atoms with E-state index in [9.17, 15) is 0 Å². The minimum absolute atomic E-state index is 0.491. The van der Waals surface area contributed by atoms with Crippen molar-refractivity contribution in [3.63, 3.8) is 0 Å². The molecule has 0 saturated heterocycles. The van der Waals surface area contributed by atoms with Crippen LogP contribution in [0.2, 0.25) is 0 Å². The van der Waals surface area contributed by atoms with Crippen LogP contribution in [0.4, 0.5) is 0 Å². The molecule has 0 fully saturated rings. The molecule has 3 aromatic rings. The summed E-state index contributed by atoms with van der Waals surface area (Å²) in [7, 11) is 0. The molecule has 28 heavy (non-hydrogen) atoms. The Kier molecular flexibility index (Phi) is 4.45. The zero-order valence-corrected chi connectivity index (χ0v) is 18.2. The molecule has 1 atom stereocenters. The van der Waals surface area contributed by atoms with Crippen LogP contribution in [-0.2, 0) is 19.6 Å². The van der Waals surface area contributed by atoms with Gasteiger partial charge in [0, 0.05) is 27.1 Å². The fraction of sp³-hybridized carbons (Fsp3) is 0.308. The smallest absolute Gasteiger partial charge is 0.105 e. The summed E-state index contributed by atoms with van der Waals surface area (Å²) in [6.45, 7) is 8.19. The zero-order valence-electron chi connectivity index (χ0n) is 16.6. The van der Waals surface area contributed by atoms with Gasteiger partial charge in [-0.05, 0) is 23.3 Å². The maximum atomic E-state index is 3.59. The lowest BCUT2D eigenvalue weighted by atomic mass is 9.69. The van der Waals surface area contributed by atoms with Gasteiger partial charge in [0.2, 0.25) is 0 Å². The Morgan fingerprint density at radius 3 is 1.89 bits per heavy atom. The van der Waals surface area contributed by atoms with Crippen LogP contribution < -0.4 is 0 Å². The lowest BCUT2D eigenvalue weighted by molar-refractivity contribution is -0.996. The highest BCUT2D eigenvalue weighted by atomic mass is 79.9. The van der Waals surface area contributed by atoms with Gasteiger partial charge in [-0.3, -0.25) is 0 Å². The van der Waals surface area contributed by atoms with Gasteiger partial charge in [-0.15, -0.1) is 0 Å². The molecule has 2 bridgehead atoms. The molecule has 0 radical (unpaired) electrons. The number of benzene rings is 3. The number of hydrogen-bond donors (Lipinski definition) is 0. The molecule has 0 saturated carbocycles. The molecule has 0 N–H and O–H groups in total. The van der Waals surface area contributed by atoms with Crippen molar-refractivity contribution in [2.45, 2.75) is 45.4 Å². The second-order valence-corrected chi connectivity index (χ2v) is 9.84. The van der Waals surface area contributed by atoms with E-state index in [0.717, 1.165) is 28.6 Å². The van der Waals surface area contributed by atoms with Gasteiger partial charge in [0.15, 0.2) is 0 Å². The fourth-order valence-electron chi connectivity index (χ4n) is 5.95. The van der Waals surface area contributed by atoms with Crippen LogP contribution in [0.25, 0.3) is 0 Å². The molecule has 3 aromatic carbocycles. The van der Waals surface area contributed by atoms with Gasteiger partial charge in [0.05, 0.1) is 5.92 Å². The van der Waals surface area contributed by atoms with Crippen LogP contribution in [0, 0.1) is 5.92 Å². The maximum Gasteiger partial charge on any atom is 0.105 e. The van der Waals surface area contributed by atoms with Gasteiger partial charge in [-0.1, -0.05) is 90.4 Å². The lowest BCUT2D eigenvalue weighted by Gasteiger charge is -2.56. The Hall–Kier alpha value is -1.90. The predicted molar refractivity (Wildman–Crippen MR) is 119 cm³/mol. The van der Waals surface area contributed by atoms with Crippen molar-refractivity contribution in [1.29, 1.82) is 0 Å². The summed E-state index contributed by atoms with van der Waals surface area (Å²) in [4.78, 5) is 0. The van der Waals surface area contributed by atoms with Crippen LogP contribution in [0.1, 0.15) is 47.6 Å². The van der Waals surface area contributed by atoms with E-state index in [0.29, 0.717) is 17.9 Å². The largest absolute Gasteiger partial charge is 0.309 e. The van der Waals surface area contributed by atoms with Gasteiger partial charge >= 0.3 is 0 Å². The summed E-state index contributed by atoms with van der Waals surface area (Å²) in [5, 5.41) is 0. The SMILES string of the molecule is CC(C)[C@H]1C2c3ccccc3C[N+]1(Cc1ccc(Br)cc1)Cc1ccccc12. The standard InChI is InChI=1S/C26H27BrN/c1-18(2)26-25-23-9-5-3-7-20(23)16-28(26,15-19-11-13-22(27)14-12-19)17-21-8-4-6-10-24(21)25/h3-14,18,25-26H,15-17H2,1-2H3/q+1/t25?,26-,28?/m0/s1. The molecule has 142 valence electrons. The number of fused-ring (bicyclic) bond motifs is 6. The van der Waals surface area contributed by atoms with Gasteiger partial charge in [-0.2, -0.15) is 0 Å². The third kappa shape index (κ3) is 2.86. The van der Waals surface area contributed by atoms with Crippen molar-refractivity contribution < 1.29 is 4.48 Å². The lowest BCUT2D eigenvalue weighted by Crippen LogP contribution is -2.62. The van der Waals surface area contributed by atoms with Crippen LogP contribution in [0.15, 0.2) is 77.3 Å². The number of halogens is 1. The average Bonchev–Trinajstić information content (AvgIpc) is 2.69. The Morgan fingerprint density at radius 1 is 0.821 bits per heavy atom. The number of nitrogens with zero attached hydrogens (tertiary/aromatic N) is 1. The topological polar surface area (TPSA) is 0 Å². The van der Waals surface area contributed by atoms with E-state index in [4.69, 9.17) is 0 Å². The first-order valence-electron chi connectivity index (χ1n) is 10.3. The van der Waals surface area contributed by atoms with Gasteiger partial charge in [-0.25, -0.2) is 0 Å². The van der Waals surface area contributed by atoms with Crippen molar-refractivity contribution in [3.05, 3.63) is 105 Å². The van der Waals surface area contributed by atoms with E-state index in [1.54, 1.807) is 11.1 Å². The van der Waals surface area contributed by atoms with E-state index in [1.807, 2.05) is 0 Å². The van der Waals surface area contributed by atoms with Crippen molar-refractivity contribution in [1.82, 2.24) is 0 Å². The third-order valence-corrected chi connectivity index (χ3v) is 7.35. The van der Waals surface area contributed by atoms with E-state index >= 15 is 0 Å². The highest BCUT2D eigenvalue weighted by molar-refractivity contribution is 9.10. The molecule has 0 aliphatic carbocycles. The minimum Gasteiger partial charge on any atom is -0.309 e. The number of hydrogen-bond acceptors (Lipinski definition) is 0. The molecular weight excluding hydrogens is 406 g/mol. The molecule has 2 heteroatoms. The molecule has 0 aromatic heterocycles. The van der Waals surface area contributed by atoms with Gasteiger partial charge in [0.1, 0.15) is 25.7 Å². The van der Waals surface area contributed by atoms with Crippen molar-refractivity contribution >= 4 is 15.9 Å². The second kappa shape index (κ2) is 6.86. The van der Waals surface area contributed by atoms with Crippen LogP contribution in [-0.4, -0.2) is 10.5 Å². The maximum absolute atomic E-state index is 3.59. The highest BCUT2D eigenvalue weighted by Gasteiger charge is 2.53. The molecule has 5 rings (SSSR count). The van der Waals surface area contributed by atoms with Crippen LogP contribution in [0.5, 0.6) is 0 Å². The number of quaternary nitrogens is 1. The van der Waals surface area contributed by atoms with E-state index in [-0.39, 0.29) is 0 Å². The first kappa shape index (κ1) is 18.1. The first-order chi connectivity index (χ1) is 13.6. The molecule has 2 heterocycles. The van der Waals surface area contributed by atoms with E-state index in [2.05, 4.69) is 103 Å². The van der Waals surface area contributed by atoms with Gasteiger partial charge in [0.25, 0.3) is 0 Å². The number of rotatable bonds is 3. The zero-order chi connectivity index (χ0) is 19.3. The Labute approximate surface area is 176 Å². The first-order valence-corrected chi connectivity index (χ1v) is 11.1. The molecule has 0 amide bonds. The van der Waals surface area contributed by atoms with Crippen molar-refractivity contribution in [3.8, 4) is 0 Å². The third-order valence-electron chi connectivity index (χ3n) is 6.82. The van der Waals surface area contributed by atoms with E-state index < -0.39 is 0 Å². The Morgan fingerprint density at radius 2 is 1.36 bits per heavy atom. The Balaban J connectivity index is 1.71. The molecule has 0 spiro atoms. The monoisotopic (exact) mass is 432 g/mol. The summed E-state index contributed by atoms with van der Waals surface area (Å²) >= 11 is 3.59. The van der Waals surface area contributed by atoms with Gasteiger partial charge < -0.3 is 4.48 Å². The molecule has 2 aliphatic rings. The summed E-state index contributed by atoms with van der Waals surface area (Å²) in [5.41, 5.74) is 7.62. The minimum atomic E-state index is 0.491. The van der Waals surface area contributed by atoms with Crippen LogP contribution in [0.3, 0.4) is 0 Å². The average molecular weight is 433 g/mol. The molecule has 2 aliphatic heterocycles. The molecule has 1 nitrogen and oxygen atoms in total. The quantitative estimate of drug-likeness (QED) is 0.406. The summed E-state index contributed by atoms with van der Waals surface area (Å²) < 4.78 is 2.29. The summed E-state index contributed by atoms with van der Waals surface area (Å²) in [6.07, 6.45) is 0. The van der Waals surface area contributed by atoms with Crippen molar-refractivity contribution in [2.24, 2.45) is 5.92 Å². The predicted octanol–water partition coefficient (Wildman–Crippen LogP) is 6.65. The summed E-state index contributed by atoms with van der Waals surface area (Å²) in [6, 6.07) is 27.9. The highest BCUT2D eigenvalue weighted by Crippen LogP contribution is 2.51. The van der Waals surface area contributed by atoms with E-state index in [1.165, 1.54) is 16.7 Å². The van der Waals surface area contributed by atoms with Crippen molar-refractivity contribution in [2.75, 3.05) is 0 Å². The van der Waals surface area contributed by atoms with Crippen LogP contribution >= 0.6 is 15.9 Å². The molecule has 0 unspecified atom stereocenters. The summed E-state index contributed by atoms with van der Waals surface area (Å²) in [5.74, 6) is 1.12. The molecular formula is C26H27BrN+. The Bertz CT molecular complexity index is 955. The second-order valence-electron chi connectivity index (χ2n) is 8.93.